The van der Waals surface area contributed by atoms with Crippen LogP contribution in [0.5, 0.6) is 0 Å². The SMILES string of the molecule is NCCC(=O)NOB(O)c1ccc(C(F)(F)F)cc1C(F)(F)F. The molecule has 0 spiro atoms. The van der Waals surface area contributed by atoms with Gasteiger partial charge in [0.15, 0.2) is 0 Å². The molecule has 4 N–H and O–H groups in total. The number of carbonyl (C=O) groups is 1. The maximum atomic E-state index is 12.9. The summed E-state index contributed by atoms with van der Waals surface area (Å²) in [6.07, 6.45) is -10.4. The van der Waals surface area contributed by atoms with E-state index >= 15 is 0 Å². The molecule has 12 heteroatoms. The molecule has 0 saturated carbocycles. The van der Waals surface area contributed by atoms with Crippen LogP contribution in [0.2, 0.25) is 0 Å². The normalized spacial score (nSPS) is 12.2. The van der Waals surface area contributed by atoms with Crippen molar-refractivity contribution in [3.8, 4) is 0 Å². The zero-order valence-electron chi connectivity index (χ0n) is 11.3. The highest BCUT2D eigenvalue weighted by Gasteiger charge is 2.40. The quantitative estimate of drug-likeness (QED) is 0.419. The van der Waals surface area contributed by atoms with Crippen molar-refractivity contribution >= 4 is 18.5 Å². The first-order chi connectivity index (χ1) is 10.5. The van der Waals surface area contributed by atoms with Gasteiger partial charge in [0.25, 0.3) is 0 Å². The highest BCUT2D eigenvalue weighted by atomic mass is 19.4. The molecule has 0 heterocycles. The van der Waals surface area contributed by atoms with Gasteiger partial charge in [0.1, 0.15) is 0 Å². The van der Waals surface area contributed by atoms with Crippen molar-refractivity contribution < 1.29 is 40.9 Å². The van der Waals surface area contributed by atoms with Crippen molar-refractivity contribution in [2.24, 2.45) is 5.73 Å². The molecule has 1 amide bonds. The number of nitrogens with two attached hydrogens (primary N) is 1. The van der Waals surface area contributed by atoms with Crippen LogP contribution in [0.15, 0.2) is 18.2 Å². The number of benzene rings is 1. The Hall–Kier alpha value is -1.79. The molecule has 0 aliphatic rings. The first-order valence-electron chi connectivity index (χ1n) is 6.07. The first kappa shape index (κ1) is 19.3. The number of hydroxylamine groups is 1. The molecule has 1 aromatic carbocycles. The molecule has 1 aromatic rings. The number of amides is 1. The molecule has 128 valence electrons. The number of nitrogens with one attached hydrogen (secondary N) is 1. The van der Waals surface area contributed by atoms with Crippen LogP contribution in [-0.2, 0) is 21.9 Å². The van der Waals surface area contributed by atoms with Gasteiger partial charge in [0, 0.05) is 13.0 Å². The zero-order chi connectivity index (χ0) is 17.8. The van der Waals surface area contributed by atoms with E-state index in [0.29, 0.717) is 12.1 Å². The summed E-state index contributed by atoms with van der Waals surface area (Å²) >= 11 is 0. The van der Waals surface area contributed by atoms with Gasteiger partial charge in [-0.3, -0.25) is 9.55 Å². The van der Waals surface area contributed by atoms with Crippen LogP contribution in [0, 0.1) is 0 Å². The van der Waals surface area contributed by atoms with E-state index in [1.54, 1.807) is 5.48 Å². The number of alkyl halides is 6. The van der Waals surface area contributed by atoms with E-state index in [4.69, 9.17) is 5.73 Å². The van der Waals surface area contributed by atoms with E-state index in [1.165, 1.54) is 0 Å². The largest absolute Gasteiger partial charge is 0.514 e. The van der Waals surface area contributed by atoms with E-state index in [2.05, 4.69) is 4.76 Å². The molecule has 0 aromatic heterocycles. The minimum atomic E-state index is -5.16. The molecule has 1 rings (SSSR count). The zero-order valence-corrected chi connectivity index (χ0v) is 11.3. The van der Waals surface area contributed by atoms with Gasteiger partial charge in [0.2, 0.25) is 5.91 Å². The second kappa shape index (κ2) is 7.19. The van der Waals surface area contributed by atoms with Crippen LogP contribution >= 0.6 is 0 Å². The number of carbonyl (C=O) groups excluding carboxylic acids is 1. The lowest BCUT2D eigenvalue weighted by Crippen LogP contribution is -2.44. The molecule has 0 saturated heterocycles. The minimum Gasteiger partial charge on any atom is -0.422 e. The van der Waals surface area contributed by atoms with Crippen molar-refractivity contribution in [2.45, 2.75) is 18.8 Å². The van der Waals surface area contributed by atoms with Crippen molar-refractivity contribution in [3.05, 3.63) is 29.3 Å². The van der Waals surface area contributed by atoms with E-state index in [9.17, 15) is 36.2 Å². The molecule has 0 aliphatic carbocycles. The Morgan fingerprint density at radius 1 is 1.22 bits per heavy atom. The Morgan fingerprint density at radius 2 is 1.83 bits per heavy atom. The van der Waals surface area contributed by atoms with Crippen molar-refractivity contribution in [3.63, 3.8) is 0 Å². The monoisotopic (exact) mass is 344 g/mol. The Bertz CT molecular complexity index is 564. The van der Waals surface area contributed by atoms with Crippen molar-refractivity contribution in [2.75, 3.05) is 6.54 Å². The van der Waals surface area contributed by atoms with Crippen molar-refractivity contribution in [1.29, 1.82) is 0 Å². The van der Waals surface area contributed by atoms with E-state index in [0.717, 1.165) is 0 Å². The molecule has 0 fully saturated rings. The molecule has 23 heavy (non-hydrogen) atoms. The lowest BCUT2D eigenvalue weighted by molar-refractivity contribution is -0.142. The predicted molar refractivity (Wildman–Crippen MR) is 67.0 cm³/mol. The maximum absolute atomic E-state index is 12.9. The van der Waals surface area contributed by atoms with Gasteiger partial charge in [-0.15, -0.1) is 0 Å². The highest BCUT2D eigenvalue weighted by Crippen LogP contribution is 2.34. The number of halogens is 6. The van der Waals surface area contributed by atoms with E-state index in [1.807, 2.05) is 0 Å². The summed E-state index contributed by atoms with van der Waals surface area (Å²) in [5.41, 5.74) is 2.46. The molecule has 0 atom stereocenters. The summed E-state index contributed by atoms with van der Waals surface area (Å²) in [6.45, 7) is -0.0701. The Balaban J connectivity index is 3.08. The number of hydrogen-bond acceptors (Lipinski definition) is 4. The van der Waals surface area contributed by atoms with Crippen LogP contribution in [0.25, 0.3) is 0 Å². The van der Waals surface area contributed by atoms with Gasteiger partial charge < -0.3 is 10.8 Å². The van der Waals surface area contributed by atoms with Crippen LogP contribution in [0.4, 0.5) is 26.3 Å². The minimum absolute atomic E-state index is 0.0701. The lowest BCUT2D eigenvalue weighted by Gasteiger charge is -2.17. The maximum Gasteiger partial charge on any atom is 0.514 e. The molecular weight excluding hydrogens is 333 g/mol. The van der Waals surface area contributed by atoms with Gasteiger partial charge in [-0.25, -0.2) is 5.48 Å². The Morgan fingerprint density at radius 3 is 2.30 bits per heavy atom. The predicted octanol–water partition coefficient (Wildman–Crippen LogP) is 0.808. The van der Waals surface area contributed by atoms with E-state index < -0.39 is 42.0 Å². The molecule has 0 aliphatic heterocycles. The van der Waals surface area contributed by atoms with Gasteiger partial charge >= 0.3 is 19.5 Å². The van der Waals surface area contributed by atoms with Crippen LogP contribution in [0.1, 0.15) is 17.5 Å². The average Bonchev–Trinajstić information content (AvgIpc) is 2.42. The molecule has 5 nitrogen and oxygen atoms in total. The van der Waals surface area contributed by atoms with Gasteiger partial charge in [-0.2, -0.15) is 26.3 Å². The summed E-state index contributed by atoms with van der Waals surface area (Å²) in [5, 5.41) is 9.53. The summed E-state index contributed by atoms with van der Waals surface area (Å²) in [5.74, 6) is -0.813. The fourth-order valence-corrected chi connectivity index (χ4v) is 1.56. The first-order valence-corrected chi connectivity index (χ1v) is 6.07. The van der Waals surface area contributed by atoms with Crippen LogP contribution in [0.3, 0.4) is 0 Å². The lowest BCUT2D eigenvalue weighted by atomic mass is 9.76. The molecule has 0 unspecified atom stereocenters. The van der Waals surface area contributed by atoms with Crippen LogP contribution < -0.4 is 16.7 Å². The number of hydrogen-bond donors (Lipinski definition) is 3. The Labute approximate surface area is 126 Å². The fourth-order valence-electron chi connectivity index (χ4n) is 1.56. The third-order valence-corrected chi connectivity index (χ3v) is 2.61. The standard InChI is InChI=1S/C11H11BF6N2O3/c13-10(14,15)6-1-2-8(7(5-6)11(16,17)18)12(22)23-20-9(21)3-4-19/h1-2,5,22H,3-4,19H2,(H,20,21). The van der Waals surface area contributed by atoms with Gasteiger partial charge in [0.05, 0.1) is 11.1 Å². The van der Waals surface area contributed by atoms with E-state index in [-0.39, 0.29) is 19.0 Å². The summed E-state index contributed by atoms with van der Waals surface area (Å²) in [4.78, 5) is 11.0. The summed E-state index contributed by atoms with van der Waals surface area (Å²) < 4.78 is 80.4. The highest BCUT2D eigenvalue weighted by molar-refractivity contribution is 6.60. The summed E-state index contributed by atoms with van der Waals surface area (Å²) in [6, 6.07) is 0.633. The van der Waals surface area contributed by atoms with Crippen LogP contribution in [-0.4, -0.2) is 24.6 Å². The molecule has 0 bridgehead atoms. The molecule has 0 radical (unpaired) electrons. The summed E-state index contributed by atoms with van der Waals surface area (Å²) in [7, 11) is -2.31. The second-order valence-corrected chi connectivity index (χ2v) is 4.33. The third kappa shape index (κ3) is 5.41. The second-order valence-electron chi connectivity index (χ2n) is 4.33. The smallest absolute Gasteiger partial charge is 0.422 e. The third-order valence-electron chi connectivity index (χ3n) is 2.61. The average molecular weight is 344 g/mol. The number of rotatable bonds is 5. The fraction of sp³-hybridized carbons (Fsp3) is 0.364. The van der Waals surface area contributed by atoms with Crippen molar-refractivity contribution in [1.82, 2.24) is 5.48 Å². The topological polar surface area (TPSA) is 84.6 Å². The van der Waals surface area contributed by atoms with Gasteiger partial charge in [-0.05, 0) is 11.5 Å². The van der Waals surface area contributed by atoms with Gasteiger partial charge in [-0.1, -0.05) is 12.1 Å². The Kier molecular flexibility index (Phi) is 6.02. The molecular formula is C11H11BF6N2O3.